The quantitative estimate of drug-likeness (QED) is 0.918. The summed E-state index contributed by atoms with van der Waals surface area (Å²) in [4.78, 5) is 2.31. The van der Waals surface area contributed by atoms with E-state index in [-0.39, 0.29) is 23.2 Å². The fraction of sp³-hybridized carbons (Fsp3) is 0.571. The van der Waals surface area contributed by atoms with Crippen LogP contribution in [0.3, 0.4) is 0 Å². The molecule has 1 fully saturated rings. The molecule has 0 unspecified atom stereocenters. The average molecular weight is 307 g/mol. The fourth-order valence-electron chi connectivity index (χ4n) is 2.55. The molecule has 0 saturated carbocycles. The molecule has 1 heterocycles. The Kier molecular flexibility index (Phi) is 7.08. The summed E-state index contributed by atoms with van der Waals surface area (Å²) in [6.45, 7) is 3.83. The zero-order valence-electron chi connectivity index (χ0n) is 11.2. The van der Waals surface area contributed by atoms with E-state index >= 15 is 0 Å². The summed E-state index contributed by atoms with van der Waals surface area (Å²) in [5, 5.41) is 3.44. The monoisotopic (exact) mass is 306 g/mol. The van der Waals surface area contributed by atoms with Crippen molar-refractivity contribution in [2.75, 3.05) is 26.7 Å². The lowest BCUT2D eigenvalue weighted by Crippen LogP contribution is -2.36. The number of halogens is 3. The summed E-state index contributed by atoms with van der Waals surface area (Å²) < 4.78 is 13.8. The molecule has 5 heteroatoms. The molecule has 0 atom stereocenters. The maximum Gasteiger partial charge on any atom is 0.146 e. The standard InChI is InChI=1S/C14H20ClFN2.ClH/c1-17-9-11-5-7-18(8-6-11)10-12-3-2-4-13(15)14(12)16;/h2-4,11,17H,5-10H2,1H3;1H. The molecule has 1 aliphatic heterocycles. The maximum atomic E-state index is 13.8. The van der Waals surface area contributed by atoms with E-state index in [0.717, 1.165) is 25.6 Å². The van der Waals surface area contributed by atoms with Gasteiger partial charge in [-0.3, -0.25) is 4.90 Å². The van der Waals surface area contributed by atoms with E-state index in [1.165, 1.54) is 12.8 Å². The lowest BCUT2D eigenvalue weighted by Gasteiger charge is -2.32. The van der Waals surface area contributed by atoms with Crippen LogP contribution in [0.2, 0.25) is 5.02 Å². The van der Waals surface area contributed by atoms with Crippen molar-refractivity contribution in [1.82, 2.24) is 10.2 Å². The van der Waals surface area contributed by atoms with Crippen LogP contribution in [0.15, 0.2) is 18.2 Å². The first-order valence-corrected chi connectivity index (χ1v) is 6.88. The molecule has 0 spiro atoms. The van der Waals surface area contributed by atoms with Gasteiger partial charge in [0, 0.05) is 12.1 Å². The van der Waals surface area contributed by atoms with Crippen molar-refractivity contribution in [1.29, 1.82) is 0 Å². The number of likely N-dealkylation sites (tertiary alicyclic amines) is 1. The summed E-state index contributed by atoms with van der Waals surface area (Å²) in [6, 6.07) is 5.23. The molecular formula is C14H21Cl2FN2. The second kappa shape index (κ2) is 8.05. The van der Waals surface area contributed by atoms with Gasteiger partial charge in [0.2, 0.25) is 0 Å². The zero-order valence-corrected chi connectivity index (χ0v) is 12.7. The van der Waals surface area contributed by atoms with Crippen LogP contribution in [-0.4, -0.2) is 31.6 Å². The van der Waals surface area contributed by atoms with E-state index in [4.69, 9.17) is 11.6 Å². The van der Waals surface area contributed by atoms with Crippen LogP contribution in [0.5, 0.6) is 0 Å². The van der Waals surface area contributed by atoms with Gasteiger partial charge in [0.25, 0.3) is 0 Å². The smallest absolute Gasteiger partial charge is 0.146 e. The van der Waals surface area contributed by atoms with E-state index in [9.17, 15) is 4.39 Å². The number of nitrogens with one attached hydrogen (secondary N) is 1. The van der Waals surface area contributed by atoms with Crippen LogP contribution < -0.4 is 5.32 Å². The second-order valence-corrected chi connectivity index (χ2v) is 5.40. The minimum absolute atomic E-state index is 0. The number of benzene rings is 1. The van der Waals surface area contributed by atoms with Crippen LogP contribution in [0, 0.1) is 11.7 Å². The normalized spacial score (nSPS) is 17.2. The van der Waals surface area contributed by atoms with Crippen LogP contribution in [-0.2, 0) is 6.54 Å². The molecule has 1 aromatic rings. The first-order chi connectivity index (χ1) is 8.70. The molecule has 2 nitrogen and oxygen atoms in total. The number of hydrogen-bond donors (Lipinski definition) is 1. The molecule has 108 valence electrons. The van der Waals surface area contributed by atoms with E-state index in [0.29, 0.717) is 12.1 Å². The summed E-state index contributed by atoms with van der Waals surface area (Å²) in [6.07, 6.45) is 2.37. The molecule has 0 amide bonds. The van der Waals surface area contributed by atoms with Gasteiger partial charge in [0.15, 0.2) is 0 Å². The van der Waals surface area contributed by atoms with Crippen LogP contribution >= 0.6 is 24.0 Å². The molecular weight excluding hydrogens is 286 g/mol. The molecule has 19 heavy (non-hydrogen) atoms. The number of piperidine rings is 1. The molecule has 0 aliphatic carbocycles. The molecule has 1 aromatic carbocycles. The molecule has 1 N–H and O–H groups in total. The van der Waals surface area contributed by atoms with Crippen LogP contribution in [0.1, 0.15) is 18.4 Å². The van der Waals surface area contributed by atoms with Crippen molar-refractivity contribution in [3.63, 3.8) is 0 Å². The Morgan fingerprint density at radius 2 is 2.05 bits per heavy atom. The Bertz CT molecular complexity index is 393. The van der Waals surface area contributed by atoms with Gasteiger partial charge >= 0.3 is 0 Å². The summed E-state index contributed by atoms with van der Waals surface area (Å²) in [5.74, 6) is 0.493. The number of nitrogens with zero attached hydrogens (tertiary/aromatic N) is 1. The first-order valence-electron chi connectivity index (χ1n) is 6.50. The molecule has 2 rings (SSSR count). The highest BCUT2D eigenvalue weighted by atomic mass is 35.5. The van der Waals surface area contributed by atoms with E-state index < -0.39 is 0 Å². The van der Waals surface area contributed by atoms with E-state index in [1.807, 2.05) is 19.2 Å². The number of hydrogen-bond acceptors (Lipinski definition) is 2. The fourth-order valence-corrected chi connectivity index (χ4v) is 2.74. The molecule has 0 bridgehead atoms. The van der Waals surface area contributed by atoms with Gasteiger partial charge in [-0.2, -0.15) is 0 Å². The van der Waals surface area contributed by atoms with Crippen molar-refractivity contribution in [2.45, 2.75) is 19.4 Å². The lowest BCUT2D eigenvalue weighted by atomic mass is 9.96. The Balaban J connectivity index is 0.00000180. The highest BCUT2D eigenvalue weighted by molar-refractivity contribution is 6.30. The molecule has 0 aromatic heterocycles. The van der Waals surface area contributed by atoms with Gasteiger partial charge in [0.05, 0.1) is 5.02 Å². The third kappa shape index (κ3) is 4.60. The Hall–Kier alpha value is -0.350. The third-order valence-corrected chi connectivity index (χ3v) is 3.92. The van der Waals surface area contributed by atoms with Gasteiger partial charge < -0.3 is 5.32 Å². The lowest BCUT2D eigenvalue weighted by molar-refractivity contribution is 0.175. The Morgan fingerprint density at radius 3 is 2.68 bits per heavy atom. The third-order valence-electron chi connectivity index (χ3n) is 3.63. The molecule has 1 aliphatic rings. The van der Waals surface area contributed by atoms with Gasteiger partial charge in [-0.05, 0) is 51.5 Å². The van der Waals surface area contributed by atoms with Crippen molar-refractivity contribution in [2.24, 2.45) is 5.92 Å². The van der Waals surface area contributed by atoms with Crippen LogP contribution in [0.4, 0.5) is 4.39 Å². The zero-order chi connectivity index (χ0) is 13.0. The SMILES string of the molecule is CNCC1CCN(Cc2cccc(Cl)c2F)CC1.Cl. The van der Waals surface area contributed by atoms with Gasteiger partial charge in [-0.15, -0.1) is 12.4 Å². The van der Waals surface area contributed by atoms with Gasteiger partial charge in [-0.25, -0.2) is 4.39 Å². The van der Waals surface area contributed by atoms with E-state index in [1.54, 1.807) is 6.07 Å². The van der Waals surface area contributed by atoms with Gasteiger partial charge in [-0.1, -0.05) is 23.7 Å². The van der Waals surface area contributed by atoms with E-state index in [2.05, 4.69) is 10.2 Å². The Morgan fingerprint density at radius 1 is 1.37 bits per heavy atom. The summed E-state index contributed by atoms with van der Waals surface area (Å²) in [7, 11) is 1.99. The molecule has 1 saturated heterocycles. The van der Waals surface area contributed by atoms with Crippen molar-refractivity contribution in [3.8, 4) is 0 Å². The van der Waals surface area contributed by atoms with Crippen molar-refractivity contribution in [3.05, 3.63) is 34.6 Å². The minimum Gasteiger partial charge on any atom is -0.319 e. The number of rotatable bonds is 4. The first kappa shape index (κ1) is 16.7. The second-order valence-electron chi connectivity index (χ2n) is 4.99. The van der Waals surface area contributed by atoms with Crippen molar-refractivity contribution < 1.29 is 4.39 Å². The Labute approximate surface area is 125 Å². The highest BCUT2D eigenvalue weighted by Crippen LogP contribution is 2.22. The predicted octanol–water partition coefficient (Wildman–Crippen LogP) is 3.33. The highest BCUT2D eigenvalue weighted by Gasteiger charge is 2.19. The summed E-state index contributed by atoms with van der Waals surface area (Å²) in [5.41, 5.74) is 0.703. The van der Waals surface area contributed by atoms with Gasteiger partial charge in [0.1, 0.15) is 5.82 Å². The molecule has 0 radical (unpaired) electrons. The topological polar surface area (TPSA) is 15.3 Å². The maximum absolute atomic E-state index is 13.8. The largest absolute Gasteiger partial charge is 0.319 e. The minimum atomic E-state index is -0.267. The average Bonchev–Trinajstić information content (AvgIpc) is 2.38. The van der Waals surface area contributed by atoms with Crippen molar-refractivity contribution >= 4 is 24.0 Å². The summed E-state index contributed by atoms with van der Waals surface area (Å²) >= 11 is 5.79. The van der Waals surface area contributed by atoms with Crippen LogP contribution in [0.25, 0.3) is 0 Å². The predicted molar refractivity (Wildman–Crippen MR) is 80.6 cm³/mol.